The molecule has 194 valence electrons. The summed E-state index contributed by atoms with van der Waals surface area (Å²) in [6.45, 7) is -0.507. The molecule has 37 heavy (non-hydrogen) atoms. The van der Waals surface area contributed by atoms with Gasteiger partial charge in [0.1, 0.15) is 5.82 Å². The van der Waals surface area contributed by atoms with E-state index >= 15 is 0 Å². The molecule has 1 saturated heterocycles. The summed E-state index contributed by atoms with van der Waals surface area (Å²) < 4.78 is 41.5. The predicted molar refractivity (Wildman–Crippen MR) is 139 cm³/mol. The molecule has 0 aliphatic carbocycles. The number of hydrogen-bond acceptors (Lipinski definition) is 6. The van der Waals surface area contributed by atoms with Crippen molar-refractivity contribution < 1.29 is 22.4 Å². The highest BCUT2D eigenvalue weighted by molar-refractivity contribution is 7.88. The second-order valence-corrected chi connectivity index (χ2v) is 11.0. The first-order valence-electron chi connectivity index (χ1n) is 11.0. The van der Waals surface area contributed by atoms with Gasteiger partial charge in [-0.05, 0) is 36.4 Å². The number of amides is 2. The summed E-state index contributed by atoms with van der Waals surface area (Å²) >= 11 is 5.89. The fourth-order valence-corrected chi connectivity index (χ4v) is 5.11. The van der Waals surface area contributed by atoms with E-state index in [1.165, 1.54) is 47.2 Å². The molecule has 2 amide bonds. The van der Waals surface area contributed by atoms with E-state index in [0.29, 0.717) is 5.02 Å². The summed E-state index contributed by atoms with van der Waals surface area (Å²) in [5.41, 5.74) is 6.05. The van der Waals surface area contributed by atoms with Crippen molar-refractivity contribution >= 4 is 50.5 Å². The van der Waals surface area contributed by atoms with E-state index in [1.54, 1.807) is 12.1 Å². The molecule has 13 heteroatoms. The lowest BCUT2D eigenvalue weighted by atomic mass is 9.94. The van der Waals surface area contributed by atoms with Gasteiger partial charge in [0.25, 0.3) is 5.56 Å². The van der Waals surface area contributed by atoms with Crippen LogP contribution in [0.4, 0.5) is 21.5 Å². The molecule has 4 N–H and O–H groups in total. The zero-order valence-electron chi connectivity index (χ0n) is 19.5. The van der Waals surface area contributed by atoms with Crippen molar-refractivity contribution in [3.05, 3.63) is 82.0 Å². The smallest absolute Gasteiger partial charge is 0.255 e. The van der Waals surface area contributed by atoms with Gasteiger partial charge in [-0.1, -0.05) is 17.7 Å². The molecule has 0 bridgehead atoms. The molecule has 2 aromatic carbocycles. The second kappa shape index (κ2) is 10.3. The fourth-order valence-electron chi connectivity index (χ4n) is 4.06. The highest BCUT2D eigenvalue weighted by Gasteiger charge is 2.45. The van der Waals surface area contributed by atoms with E-state index in [4.69, 9.17) is 17.3 Å². The number of sulfonamides is 1. The number of benzene rings is 2. The Balaban J connectivity index is 1.56. The van der Waals surface area contributed by atoms with Crippen molar-refractivity contribution in [1.82, 2.24) is 8.87 Å². The van der Waals surface area contributed by atoms with Gasteiger partial charge in [0, 0.05) is 36.4 Å². The van der Waals surface area contributed by atoms with Crippen molar-refractivity contribution in [1.29, 1.82) is 0 Å². The summed E-state index contributed by atoms with van der Waals surface area (Å²) in [7, 11) is -3.72. The molecule has 0 saturated carbocycles. The van der Waals surface area contributed by atoms with E-state index < -0.39 is 39.5 Å². The maximum absolute atomic E-state index is 14.9. The number of carbonyl (C=O) groups is 2. The molecule has 4 rings (SSSR count). The number of anilines is 3. The van der Waals surface area contributed by atoms with Gasteiger partial charge in [0.2, 0.25) is 21.8 Å². The number of carbonyl (C=O) groups excluding carboxylic acids is 2. The Morgan fingerprint density at radius 1 is 1.00 bits per heavy atom. The molecule has 2 heterocycles. The lowest BCUT2D eigenvalue weighted by Gasteiger charge is -2.19. The highest BCUT2D eigenvalue weighted by atomic mass is 35.5. The number of hydrogen-bond donors (Lipinski definition) is 3. The monoisotopic (exact) mass is 547 g/mol. The van der Waals surface area contributed by atoms with Crippen LogP contribution in [0.3, 0.4) is 0 Å². The minimum absolute atomic E-state index is 0.184. The Bertz CT molecular complexity index is 1540. The van der Waals surface area contributed by atoms with Crippen molar-refractivity contribution in [3.63, 3.8) is 0 Å². The third kappa shape index (κ3) is 5.82. The molecule has 1 fully saturated rings. The van der Waals surface area contributed by atoms with Gasteiger partial charge in [0.05, 0.1) is 40.8 Å². The van der Waals surface area contributed by atoms with Gasteiger partial charge in [-0.15, -0.1) is 0 Å². The van der Waals surface area contributed by atoms with Crippen molar-refractivity contribution in [2.24, 2.45) is 11.8 Å². The summed E-state index contributed by atoms with van der Waals surface area (Å²) in [4.78, 5) is 38.2. The van der Waals surface area contributed by atoms with Gasteiger partial charge in [-0.25, -0.2) is 17.1 Å². The van der Waals surface area contributed by atoms with Crippen molar-refractivity contribution in [2.45, 2.75) is 0 Å². The minimum Gasteiger partial charge on any atom is -0.397 e. The van der Waals surface area contributed by atoms with Crippen LogP contribution in [0.15, 0.2) is 65.6 Å². The summed E-state index contributed by atoms with van der Waals surface area (Å²) in [5, 5.41) is 5.41. The Morgan fingerprint density at radius 2 is 1.62 bits per heavy atom. The van der Waals surface area contributed by atoms with E-state index in [9.17, 15) is 27.2 Å². The number of nitrogens with two attached hydrogens (primary N) is 1. The summed E-state index contributed by atoms with van der Waals surface area (Å²) in [6.07, 6.45) is 2.45. The largest absolute Gasteiger partial charge is 0.397 e. The Hall–Kier alpha value is -3.74. The van der Waals surface area contributed by atoms with Gasteiger partial charge < -0.3 is 16.4 Å². The molecule has 3 aromatic rings. The first-order valence-corrected chi connectivity index (χ1v) is 13.3. The quantitative estimate of drug-likeness (QED) is 0.404. The standard InChI is InChI=1S/C24H23ClFN5O5S/c1-37(35,36)30-12-16(17(13-30)24(34)29-21-7-5-14(25)10-19(21)27)23(33)28-20-8-6-15(11-18(20)26)31-9-3-2-4-22(31)32/h2-11,16-17H,12-13,27H2,1H3,(H,28,33)(H,29,34)/t16-,17-/m0/s1. The number of nitrogen functional groups attached to an aromatic ring is 1. The third-order valence-electron chi connectivity index (χ3n) is 6.01. The minimum atomic E-state index is -3.72. The Morgan fingerprint density at radius 3 is 2.19 bits per heavy atom. The van der Waals surface area contributed by atoms with E-state index in [1.807, 2.05) is 0 Å². The van der Waals surface area contributed by atoms with Crippen LogP contribution < -0.4 is 21.9 Å². The number of nitrogens with zero attached hydrogens (tertiary/aromatic N) is 2. The van der Waals surface area contributed by atoms with Crippen LogP contribution in [0, 0.1) is 17.7 Å². The number of pyridine rings is 1. The normalized spacial score (nSPS) is 17.9. The molecule has 2 atom stereocenters. The van der Waals surface area contributed by atoms with Crippen LogP contribution in [-0.4, -0.2) is 48.4 Å². The lowest BCUT2D eigenvalue weighted by molar-refractivity contribution is -0.127. The summed E-state index contributed by atoms with van der Waals surface area (Å²) in [6, 6.07) is 12.8. The Kier molecular flexibility index (Phi) is 7.35. The predicted octanol–water partition coefficient (Wildman–Crippen LogP) is 2.30. The zero-order chi connectivity index (χ0) is 26.9. The molecular formula is C24H23ClFN5O5S. The molecule has 10 nitrogen and oxygen atoms in total. The molecule has 0 radical (unpaired) electrons. The van der Waals surface area contributed by atoms with Gasteiger partial charge in [-0.3, -0.25) is 19.0 Å². The maximum Gasteiger partial charge on any atom is 0.255 e. The van der Waals surface area contributed by atoms with E-state index in [2.05, 4.69) is 10.6 Å². The van der Waals surface area contributed by atoms with Gasteiger partial charge in [0.15, 0.2) is 0 Å². The molecular weight excluding hydrogens is 525 g/mol. The fraction of sp³-hybridized carbons (Fsp3) is 0.208. The Labute approximate surface area is 216 Å². The van der Waals surface area contributed by atoms with Crippen molar-refractivity contribution in [3.8, 4) is 5.69 Å². The number of halogens is 2. The van der Waals surface area contributed by atoms with Crippen LogP contribution >= 0.6 is 11.6 Å². The first kappa shape index (κ1) is 26.3. The SMILES string of the molecule is CS(=O)(=O)N1C[C@H](C(=O)Nc2ccc(Cl)cc2N)[C@@H](C(=O)Nc2ccc(-n3ccccc3=O)cc2F)C1. The average Bonchev–Trinajstić information content (AvgIpc) is 3.29. The topological polar surface area (TPSA) is 144 Å². The second-order valence-electron chi connectivity index (χ2n) is 8.58. The molecule has 1 aliphatic rings. The van der Waals surface area contributed by atoms with Crippen LogP contribution in [0.25, 0.3) is 5.69 Å². The van der Waals surface area contributed by atoms with E-state index in [0.717, 1.165) is 16.6 Å². The van der Waals surface area contributed by atoms with Crippen molar-refractivity contribution in [2.75, 3.05) is 35.7 Å². The van der Waals surface area contributed by atoms with Crippen LogP contribution in [0.1, 0.15) is 0 Å². The first-order chi connectivity index (χ1) is 17.4. The maximum atomic E-state index is 14.9. The van der Waals surface area contributed by atoms with Gasteiger partial charge in [-0.2, -0.15) is 0 Å². The summed E-state index contributed by atoms with van der Waals surface area (Å²) in [5.74, 6) is -4.36. The van der Waals surface area contributed by atoms with Crippen LogP contribution in [0.2, 0.25) is 5.02 Å². The highest BCUT2D eigenvalue weighted by Crippen LogP contribution is 2.30. The van der Waals surface area contributed by atoms with E-state index in [-0.39, 0.29) is 41.4 Å². The van der Waals surface area contributed by atoms with Crippen LogP contribution in [-0.2, 0) is 19.6 Å². The lowest BCUT2D eigenvalue weighted by Crippen LogP contribution is -2.36. The third-order valence-corrected chi connectivity index (χ3v) is 7.48. The number of rotatable bonds is 6. The zero-order valence-corrected chi connectivity index (χ0v) is 21.1. The average molecular weight is 548 g/mol. The molecule has 1 aliphatic heterocycles. The van der Waals surface area contributed by atoms with Gasteiger partial charge >= 0.3 is 0 Å². The molecule has 1 aromatic heterocycles. The number of nitrogens with one attached hydrogen (secondary N) is 2. The van der Waals surface area contributed by atoms with Crippen LogP contribution in [0.5, 0.6) is 0 Å². The number of aromatic nitrogens is 1. The molecule has 0 unspecified atom stereocenters. The molecule has 0 spiro atoms.